The van der Waals surface area contributed by atoms with Crippen molar-refractivity contribution in [1.29, 1.82) is 0 Å². The monoisotopic (exact) mass is 326 g/mol. The van der Waals surface area contributed by atoms with Crippen molar-refractivity contribution < 1.29 is 5.11 Å². The molecule has 4 aliphatic carbocycles. The number of fused-ring (bicyclic) bond motifs is 5. The van der Waals surface area contributed by atoms with Crippen molar-refractivity contribution in [2.75, 3.05) is 0 Å². The van der Waals surface area contributed by atoms with Gasteiger partial charge in [0.05, 0.1) is 6.10 Å². The molecule has 0 aromatic rings. The average Bonchev–Trinajstić information content (AvgIpc) is 2.92. The van der Waals surface area contributed by atoms with Crippen LogP contribution in [-0.2, 0) is 0 Å². The van der Waals surface area contributed by atoms with Crippen LogP contribution in [0.25, 0.3) is 0 Å². The molecule has 3 unspecified atom stereocenters. The molecule has 1 N–H and O–H groups in total. The maximum atomic E-state index is 10.1. The second kappa shape index (κ2) is 5.61. The van der Waals surface area contributed by atoms with E-state index in [9.17, 15) is 5.11 Å². The van der Waals surface area contributed by atoms with Crippen molar-refractivity contribution in [1.82, 2.24) is 0 Å². The predicted molar refractivity (Wildman–Crippen MR) is 99.5 cm³/mol. The van der Waals surface area contributed by atoms with Crippen LogP contribution in [0, 0.1) is 34.5 Å². The van der Waals surface area contributed by atoms with Gasteiger partial charge in [0.2, 0.25) is 0 Å². The number of aliphatic hydroxyl groups excluding tert-OH is 1. The lowest BCUT2D eigenvalue weighted by molar-refractivity contribution is -0.0453. The summed E-state index contributed by atoms with van der Waals surface area (Å²) in [6, 6.07) is 0. The van der Waals surface area contributed by atoms with Crippen molar-refractivity contribution in [3.63, 3.8) is 0 Å². The first-order valence-corrected chi connectivity index (χ1v) is 10.1. The van der Waals surface area contributed by atoms with Gasteiger partial charge in [-0.05, 0) is 98.4 Å². The van der Waals surface area contributed by atoms with Gasteiger partial charge in [0.1, 0.15) is 0 Å². The lowest BCUT2D eigenvalue weighted by atomic mass is 9.47. The topological polar surface area (TPSA) is 20.2 Å². The average molecular weight is 327 g/mol. The van der Waals surface area contributed by atoms with E-state index in [4.69, 9.17) is 0 Å². The molecule has 4 rings (SSSR count). The summed E-state index contributed by atoms with van der Waals surface area (Å²) < 4.78 is 0. The van der Waals surface area contributed by atoms with Crippen molar-refractivity contribution in [2.45, 2.75) is 78.2 Å². The van der Waals surface area contributed by atoms with Crippen molar-refractivity contribution in [3.05, 3.63) is 29.5 Å². The van der Waals surface area contributed by atoms with Crippen LogP contribution in [-0.4, -0.2) is 11.2 Å². The summed E-state index contributed by atoms with van der Waals surface area (Å²) in [4.78, 5) is 0. The zero-order valence-corrected chi connectivity index (χ0v) is 15.8. The van der Waals surface area contributed by atoms with Crippen molar-refractivity contribution in [3.8, 4) is 0 Å². The Morgan fingerprint density at radius 3 is 2.71 bits per heavy atom. The van der Waals surface area contributed by atoms with Gasteiger partial charge >= 0.3 is 0 Å². The molecule has 0 heterocycles. The molecule has 0 saturated heterocycles. The zero-order valence-electron chi connectivity index (χ0n) is 15.8. The Kier molecular flexibility index (Phi) is 3.90. The van der Waals surface area contributed by atoms with E-state index in [2.05, 4.69) is 39.2 Å². The Hall–Kier alpha value is -0.780. The highest BCUT2D eigenvalue weighted by atomic mass is 16.3. The molecular weight excluding hydrogens is 292 g/mol. The number of hydrogen-bond donors (Lipinski definition) is 1. The van der Waals surface area contributed by atoms with Gasteiger partial charge in [0, 0.05) is 0 Å². The highest BCUT2D eigenvalue weighted by Gasteiger charge is 2.58. The molecule has 1 heteroatoms. The normalized spacial score (nSPS) is 50.2. The molecule has 1 nitrogen and oxygen atoms in total. The third-order valence-electron chi connectivity index (χ3n) is 8.88. The quantitative estimate of drug-likeness (QED) is 0.487. The van der Waals surface area contributed by atoms with Gasteiger partial charge in [0.25, 0.3) is 0 Å². The second-order valence-electron chi connectivity index (χ2n) is 9.69. The first-order chi connectivity index (χ1) is 11.4. The van der Waals surface area contributed by atoms with Crippen LogP contribution in [0.4, 0.5) is 0 Å². The minimum absolute atomic E-state index is 0.0917. The summed E-state index contributed by atoms with van der Waals surface area (Å²) in [7, 11) is 0. The molecule has 24 heavy (non-hydrogen) atoms. The Morgan fingerprint density at radius 2 is 1.96 bits per heavy atom. The minimum Gasteiger partial charge on any atom is -0.393 e. The van der Waals surface area contributed by atoms with E-state index < -0.39 is 0 Å². The number of allylic oxidation sites excluding steroid dienone is 2. The summed E-state index contributed by atoms with van der Waals surface area (Å²) in [6.07, 6.45) is 12.3. The standard InChI is InChI=1S/C23H34O/c1-5-15(2)19-8-9-20-18-7-6-16-14-17(24)10-12-22(16,3)21(18)11-13-23(19,20)4/h6,17-21,24H,1,7-14H2,2-4H3/t17-,18?,19+,20?,21?,22-,23+/m0/s1. The van der Waals surface area contributed by atoms with Crippen LogP contribution in [0.1, 0.15) is 72.1 Å². The van der Waals surface area contributed by atoms with Crippen LogP contribution < -0.4 is 0 Å². The molecule has 0 aromatic heterocycles. The highest BCUT2D eigenvalue weighted by Crippen LogP contribution is 2.66. The molecular formula is C23H34O. The lowest BCUT2D eigenvalue weighted by Crippen LogP contribution is -2.50. The van der Waals surface area contributed by atoms with Crippen LogP contribution in [0.3, 0.4) is 0 Å². The third-order valence-corrected chi connectivity index (χ3v) is 8.88. The van der Waals surface area contributed by atoms with Gasteiger partial charge in [-0.2, -0.15) is 0 Å². The Morgan fingerprint density at radius 1 is 1.17 bits per heavy atom. The lowest BCUT2D eigenvalue weighted by Gasteiger charge is -2.58. The van der Waals surface area contributed by atoms with Crippen LogP contribution in [0.5, 0.6) is 0 Å². The van der Waals surface area contributed by atoms with E-state index in [0.29, 0.717) is 16.7 Å². The Bertz CT molecular complexity index is 610. The molecule has 0 amide bonds. The molecule has 132 valence electrons. The summed E-state index contributed by atoms with van der Waals surface area (Å²) in [5, 5.41) is 10.1. The molecule has 0 bridgehead atoms. The van der Waals surface area contributed by atoms with Crippen molar-refractivity contribution >= 4 is 0 Å². The SMILES string of the molecule is C=C=C(C)[C@H]1CCC2C3CC=C4C[C@@H](O)CC[C@]4(C)C3CC[C@@]21C. The van der Waals surface area contributed by atoms with Gasteiger partial charge in [0.15, 0.2) is 0 Å². The first kappa shape index (κ1) is 16.7. The van der Waals surface area contributed by atoms with Crippen molar-refractivity contribution in [2.24, 2.45) is 34.5 Å². The summed E-state index contributed by atoms with van der Waals surface area (Å²) in [5.41, 5.74) is 7.04. The number of rotatable bonds is 1. The molecule has 0 aliphatic heterocycles. The number of hydrogen-bond acceptors (Lipinski definition) is 1. The minimum atomic E-state index is -0.0917. The fourth-order valence-electron chi connectivity index (χ4n) is 7.48. The van der Waals surface area contributed by atoms with E-state index >= 15 is 0 Å². The summed E-state index contributed by atoms with van der Waals surface area (Å²) in [5.74, 6) is 3.27. The van der Waals surface area contributed by atoms with E-state index in [-0.39, 0.29) is 6.10 Å². The molecule has 0 aromatic carbocycles. The van der Waals surface area contributed by atoms with E-state index in [1.807, 2.05) is 0 Å². The molecule has 0 spiro atoms. The van der Waals surface area contributed by atoms with E-state index in [1.165, 1.54) is 44.1 Å². The van der Waals surface area contributed by atoms with Gasteiger partial charge in [-0.15, -0.1) is 5.73 Å². The molecule has 4 aliphatic rings. The van der Waals surface area contributed by atoms with Gasteiger partial charge < -0.3 is 5.11 Å². The van der Waals surface area contributed by atoms with Gasteiger partial charge in [-0.1, -0.05) is 32.1 Å². The molecule has 3 saturated carbocycles. The van der Waals surface area contributed by atoms with Crippen LogP contribution in [0.2, 0.25) is 0 Å². The predicted octanol–water partition coefficient (Wildman–Crippen LogP) is 5.66. The largest absolute Gasteiger partial charge is 0.393 e. The fraction of sp³-hybridized carbons (Fsp3) is 0.783. The maximum absolute atomic E-state index is 10.1. The first-order valence-electron chi connectivity index (χ1n) is 10.1. The van der Waals surface area contributed by atoms with E-state index in [0.717, 1.165) is 30.6 Å². The Balaban J connectivity index is 1.66. The smallest absolute Gasteiger partial charge is 0.0577 e. The summed E-state index contributed by atoms with van der Waals surface area (Å²) >= 11 is 0. The summed E-state index contributed by atoms with van der Waals surface area (Å²) in [6.45, 7) is 11.3. The Labute approximate surface area is 147 Å². The molecule has 0 radical (unpaired) electrons. The second-order valence-corrected chi connectivity index (χ2v) is 9.69. The fourth-order valence-corrected chi connectivity index (χ4v) is 7.48. The maximum Gasteiger partial charge on any atom is 0.0577 e. The number of aliphatic hydroxyl groups is 1. The highest BCUT2D eigenvalue weighted by molar-refractivity contribution is 5.26. The zero-order chi connectivity index (χ0) is 17.1. The van der Waals surface area contributed by atoms with Crippen LogP contribution >= 0.6 is 0 Å². The van der Waals surface area contributed by atoms with Gasteiger partial charge in [-0.3, -0.25) is 0 Å². The molecule has 7 atom stereocenters. The van der Waals surface area contributed by atoms with Crippen LogP contribution in [0.15, 0.2) is 29.5 Å². The van der Waals surface area contributed by atoms with Gasteiger partial charge in [-0.25, -0.2) is 0 Å². The molecule has 3 fully saturated rings. The third kappa shape index (κ3) is 2.17. The van der Waals surface area contributed by atoms with E-state index in [1.54, 1.807) is 5.57 Å².